The number of amides is 1. The summed E-state index contributed by atoms with van der Waals surface area (Å²) in [6, 6.07) is 7.70. The Bertz CT molecular complexity index is 897. The van der Waals surface area contributed by atoms with Crippen LogP contribution in [0.1, 0.15) is 35.5 Å². The molecule has 6 nitrogen and oxygen atoms in total. The monoisotopic (exact) mass is 399 g/mol. The third kappa shape index (κ3) is 3.69. The maximum Gasteiger partial charge on any atom is 0.311 e. The maximum absolute atomic E-state index is 12.3. The minimum Gasteiger partial charge on any atom is -0.481 e. The van der Waals surface area contributed by atoms with Crippen molar-refractivity contribution in [3.63, 3.8) is 0 Å². The molecule has 7 heteroatoms. The SMILES string of the molecule is Cc1ccccc1NC(=O)Cc1nc(CN2C[C@@H]3CCC[C@@]3(C(=O)O)C2)cs1. The van der Waals surface area contributed by atoms with Crippen molar-refractivity contribution in [1.82, 2.24) is 9.88 Å². The number of rotatable bonds is 6. The number of carbonyl (C=O) groups excluding carboxylic acids is 1. The smallest absolute Gasteiger partial charge is 0.311 e. The fourth-order valence-electron chi connectivity index (χ4n) is 4.64. The fourth-order valence-corrected chi connectivity index (χ4v) is 5.42. The topological polar surface area (TPSA) is 82.5 Å². The van der Waals surface area contributed by atoms with Crippen molar-refractivity contribution in [3.05, 3.63) is 45.9 Å². The van der Waals surface area contributed by atoms with Crippen molar-refractivity contribution < 1.29 is 14.7 Å². The molecule has 1 aliphatic heterocycles. The number of fused-ring (bicyclic) bond motifs is 1. The Morgan fingerprint density at radius 3 is 2.96 bits per heavy atom. The van der Waals surface area contributed by atoms with E-state index in [0.717, 1.165) is 47.8 Å². The van der Waals surface area contributed by atoms with Crippen molar-refractivity contribution in [3.8, 4) is 0 Å². The van der Waals surface area contributed by atoms with E-state index in [1.165, 1.54) is 11.3 Å². The van der Waals surface area contributed by atoms with E-state index >= 15 is 0 Å². The molecule has 1 saturated carbocycles. The highest BCUT2D eigenvalue weighted by Crippen LogP contribution is 2.49. The van der Waals surface area contributed by atoms with Crippen LogP contribution in [0, 0.1) is 18.3 Å². The lowest BCUT2D eigenvalue weighted by atomic mass is 9.81. The van der Waals surface area contributed by atoms with Crippen molar-refractivity contribution in [2.75, 3.05) is 18.4 Å². The van der Waals surface area contributed by atoms with Gasteiger partial charge in [-0.15, -0.1) is 11.3 Å². The molecule has 1 aromatic carbocycles. The number of anilines is 1. The van der Waals surface area contributed by atoms with Crippen LogP contribution in [0.4, 0.5) is 5.69 Å². The number of para-hydroxylation sites is 1. The molecule has 2 aliphatic rings. The van der Waals surface area contributed by atoms with E-state index in [1.807, 2.05) is 36.6 Å². The second kappa shape index (κ2) is 7.64. The molecule has 2 fully saturated rings. The molecule has 0 bridgehead atoms. The van der Waals surface area contributed by atoms with Crippen LogP contribution >= 0.6 is 11.3 Å². The minimum absolute atomic E-state index is 0.0734. The third-order valence-corrected chi connectivity index (χ3v) is 6.98. The quantitative estimate of drug-likeness (QED) is 0.779. The van der Waals surface area contributed by atoms with Crippen molar-refractivity contribution >= 4 is 28.9 Å². The van der Waals surface area contributed by atoms with Gasteiger partial charge in [0, 0.05) is 30.7 Å². The van der Waals surface area contributed by atoms with Crippen molar-refractivity contribution in [2.24, 2.45) is 11.3 Å². The number of aryl methyl sites for hydroxylation is 1. The summed E-state index contributed by atoms with van der Waals surface area (Å²) in [4.78, 5) is 31.0. The van der Waals surface area contributed by atoms with Crippen LogP contribution in [0.15, 0.2) is 29.6 Å². The second-order valence-corrected chi connectivity index (χ2v) is 8.94. The van der Waals surface area contributed by atoms with Crippen LogP contribution in [0.2, 0.25) is 0 Å². The first-order valence-corrected chi connectivity index (χ1v) is 10.6. The number of aliphatic carboxylic acids is 1. The van der Waals surface area contributed by atoms with E-state index in [2.05, 4.69) is 15.2 Å². The van der Waals surface area contributed by atoms with Gasteiger partial charge in [-0.25, -0.2) is 4.98 Å². The molecule has 0 spiro atoms. The minimum atomic E-state index is -0.649. The lowest BCUT2D eigenvalue weighted by Gasteiger charge is -2.23. The van der Waals surface area contributed by atoms with Crippen LogP contribution in [0.25, 0.3) is 0 Å². The number of carboxylic acid groups (broad SMARTS) is 1. The molecule has 0 radical (unpaired) electrons. The van der Waals surface area contributed by atoms with Gasteiger partial charge in [-0.1, -0.05) is 24.6 Å². The van der Waals surface area contributed by atoms with Crippen LogP contribution in [-0.4, -0.2) is 40.0 Å². The molecule has 1 aliphatic carbocycles. The van der Waals surface area contributed by atoms with Gasteiger partial charge in [-0.2, -0.15) is 0 Å². The van der Waals surface area contributed by atoms with E-state index in [-0.39, 0.29) is 18.2 Å². The average Bonchev–Trinajstić information content (AvgIpc) is 3.32. The molecule has 2 heterocycles. The maximum atomic E-state index is 12.3. The second-order valence-electron chi connectivity index (χ2n) is 7.99. The zero-order valence-electron chi connectivity index (χ0n) is 16.0. The highest BCUT2D eigenvalue weighted by Gasteiger charge is 2.54. The van der Waals surface area contributed by atoms with Crippen molar-refractivity contribution in [2.45, 2.75) is 39.2 Å². The normalized spacial score (nSPS) is 24.2. The number of aromatic nitrogens is 1. The molecule has 2 atom stereocenters. The van der Waals surface area contributed by atoms with Gasteiger partial charge < -0.3 is 10.4 Å². The average molecular weight is 400 g/mol. The third-order valence-electron chi connectivity index (χ3n) is 6.08. The number of nitrogens with zero attached hydrogens (tertiary/aromatic N) is 2. The number of hydrogen-bond donors (Lipinski definition) is 2. The van der Waals surface area contributed by atoms with E-state index < -0.39 is 11.4 Å². The lowest BCUT2D eigenvalue weighted by Crippen LogP contribution is -2.35. The number of likely N-dealkylation sites (tertiary alicyclic amines) is 1. The summed E-state index contributed by atoms with van der Waals surface area (Å²) >= 11 is 1.49. The zero-order chi connectivity index (χ0) is 19.7. The zero-order valence-corrected chi connectivity index (χ0v) is 16.8. The number of thiazole rings is 1. The van der Waals surface area contributed by atoms with Crippen LogP contribution < -0.4 is 5.32 Å². The first-order valence-electron chi connectivity index (χ1n) is 9.71. The first kappa shape index (κ1) is 19.1. The molecule has 28 heavy (non-hydrogen) atoms. The molecule has 1 saturated heterocycles. The largest absolute Gasteiger partial charge is 0.481 e. The summed E-state index contributed by atoms with van der Waals surface area (Å²) in [6.45, 7) is 4.05. The highest BCUT2D eigenvalue weighted by molar-refractivity contribution is 7.09. The van der Waals surface area contributed by atoms with Crippen LogP contribution in [0.5, 0.6) is 0 Å². The molecule has 2 aromatic rings. The van der Waals surface area contributed by atoms with E-state index in [9.17, 15) is 14.7 Å². The van der Waals surface area contributed by atoms with Gasteiger partial charge in [0.25, 0.3) is 0 Å². The standard InChI is InChI=1S/C21H25N3O3S/c1-14-5-2-3-7-17(14)23-18(25)9-19-22-16(12-28-19)11-24-10-15-6-4-8-21(15,13-24)20(26)27/h2-3,5,7,12,15H,4,6,8-11,13H2,1H3,(H,23,25)(H,26,27)/t15-,21+/m0/s1. The van der Waals surface area contributed by atoms with Crippen LogP contribution in [-0.2, 0) is 22.6 Å². The van der Waals surface area contributed by atoms with Gasteiger partial charge in [0.2, 0.25) is 5.91 Å². The number of benzene rings is 1. The molecule has 1 amide bonds. The van der Waals surface area contributed by atoms with E-state index in [4.69, 9.17) is 0 Å². The lowest BCUT2D eigenvalue weighted by molar-refractivity contribution is -0.149. The molecule has 0 unspecified atom stereocenters. The van der Waals surface area contributed by atoms with Gasteiger partial charge in [0.05, 0.1) is 17.5 Å². The molecule has 148 valence electrons. The van der Waals surface area contributed by atoms with Gasteiger partial charge >= 0.3 is 5.97 Å². The van der Waals surface area contributed by atoms with E-state index in [0.29, 0.717) is 13.1 Å². The Balaban J connectivity index is 1.34. The summed E-state index contributed by atoms with van der Waals surface area (Å²) in [7, 11) is 0. The predicted octanol–water partition coefficient (Wildman–Crippen LogP) is 3.32. The van der Waals surface area contributed by atoms with Crippen LogP contribution in [0.3, 0.4) is 0 Å². The summed E-state index contributed by atoms with van der Waals surface area (Å²) in [5, 5.41) is 15.4. The van der Waals surface area contributed by atoms with E-state index in [1.54, 1.807) is 0 Å². The molecule has 2 N–H and O–H groups in total. The Kier molecular flexibility index (Phi) is 5.21. The number of nitrogens with one attached hydrogen (secondary N) is 1. The van der Waals surface area contributed by atoms with Gasteiger partial charge in [0.1, 0.15) is 5.01 Å². The summed E-state index contributed by atoms with van der Waals surface area (Å²) < 4.78 is 0. The predicted molar refractivity (Wildman–Crippen MR) is 108 cm³/mol. The summed E-state index contributed by atoms with van der Waals surface area (Å²) in [5.41, 5.74) is 2.21. The summed E-state index contributed by atoms with van der Waals surface area (Å²) in [5.74, 6) is -0.469. The number of hydrogen-bond acceptors (Lipinski definition) is 5. The highest BCUT2D eigenvalue weighted by atomic mass is 32.1. The van der Waals surface area contributed by atoms with Gasteiger partial charge in [-0.05, 0) is 37.3 Å². The molecule has 4 rings (SSSR count). The Morgan fingerprint density at radius 1 is 1.39 bits per heavy atom. The Hall–Kier alpha value is -2.25. The fraction of sp³-hybridized carbons (Fsp3) is 0.476. The van der Waals surface area contributed by atoms with Crippen molar-refractivity contribution in [1.29, 1.82) is 0 Å². The molecule has 1 aromatic heterocycles. The Morgan fingerprint density at radius 2 is 2.21 bits per heavy atom. The molecular formula is C21H25N3O3S. The van der Waals surface area contributed by atoms with Gasteiger partial charge in [-0.3, -0.25) is 14.5 Å². The number of carbonyl (C=O) groups is 2. The number of carboxylic acids is 1. The Labute approximate surface area is 168 Å². The summed E-state index contributed by atoms with van der Waals surface area (Å²) in [6.07, 6.45) is 3.05. The first-order chi connectivity index (χ1) is 13.5. The van der Waals surface area contributed by atoms with Gasteiger partial charge in [0.15, 0.2) is 0 Å². The molecular weight excluding hydrogens is 374 g/mol.